The number of nitrogens with two attached hydrogens (primary N) is 3. The van der Waals surface area contributed by atoms with Gasteiger partial charge in [0.05, 0.1) is 18.9 Å². The SMILES string of the molecule is NC(N)=NCCCC(NC(=O)C(CC(=O)O)NC(=O)C(N)CC(=O)O)C(=O)NC(CS)C(=O)O. The molecule has 0 heterocycles. The second kappa shape index (κ2) is 15.3. The van der Waals surface area contributed by atoms with Crippen LogP contribution in [0.4, 0.5) is 0 Å². The minimum absolute atomic E-state index is 0.0657. The fourth-order valence-electron chi connectivity index (χ4n) is 2.45. The Labute approximate surface area is 199 Å². The van der Waals surface area contributed by atoms with Crippen LogP contribution in [0, 0.1) is 0 Å². The Balaban J connectivity index is 5.55. The van der Waals surface area contributed by atoms with E-state index in [1.807, 2.05) is 5.32 Å². The third-order valence-corrected chi connectivity index (χ3v) is 4.48. The van der Waals surface area contributed by atoms with Crippen molar-refractivity contribution >= 4 is 54.2 Å². The Morgan fingerprint density at radius 3 is 1.76 bits per heavy atom. The van der Waals surface area contributed by atoms with Gasteiger partial charge in [-0.1, -0.05) is 0 Å². The summed E-state index contributed by atoms with van der Waals surface area (Å²) in [7, 11) is 0. The van der Waals surface area contributed by atoms with Crippen LogP contribution in [0.3, 0.4) is 0 Å². The van der Waals surface area contributed by atoms with Crippen molar-refractivity contribution in [1.29, 1.82) is 0 Å². The van der Waals surface area contributed by atoms with E-state index in [1.54, 1.807) is 0 Å². The largest absolute Gasteiger partial charge is 0.481 e. The second-order valence-electron chi connectivity index (χ2n) is 6.96. The van der Waals surface area contributed by atoms with Crippen LogP contribution >= 0.6 is 12.6 Å². The number of carboxylic acids is 3. The lowest BCUT2D eigenvalue weighted by molar-refractivity contribution is -0.143. The number of nitrogens with zero attached hydrogens (tertiary/aromatic N) is 1. The number of aliphatic carboxylic acids is 3. The van der Waals surface area contributed by atoms with E-state index in [0.29, 0.717) is 0 Å². The van der Waals surface area contributed by atoms with Crippen molar-refractivity contribution in [3.63, 3.8) is 0 Å². The van der Waals surface area contributed by atoms with E-state index in [1.165, 1.54) is 0 Å². The van der Waals surface area contributed by atoms with Crippen molar-refractivity contribution in [2.75, 3.05) is 12.3 Å². The number of nitrogens with one attached hydrogen (secondary N) is 3. The van der Waals surface area contributed by atoms with Gasteiger partial charge in [-0.2, -0.15) is 12.6 Å². The smallest absolute Gasteiger partial charge is 0.327 e. The molecule has 0 aromatic carbocycles. The average molecular weight is 508 g/mol. The highest BCUT2D eigenvalue weighted by Gasteiger charge is 2.31. The molecule has 0 aliphatic carbocycles. The quantitative estimate of drug-likeness (QED) is 0.0411. The van der Waals surface area contributed by atoms with E-state index >= 15 is 0 Å². The van der Waals surface area contributed by atoms with E-state index < -0.39 is 72.6 Å². The van der Waals surface area contributed by atoms with Crippen molar-refractivity contribution in [2.24, 2.45) is 22.2 Å². The Bertz CT molecular complexity index is 804. The molecule has 17 heteroatoms. The Kier molecular flexibility index (Phi) is 13.7. The Hall–Kier alpha value is -3.60. The lowest BCUT2D eigenvalue weighted by atomic mass is 10.1. The Morgan fingerprint density at radius 2 is 1.29 bits per heavy atom. The van der Waals surface area contributed by atoms with Crippen LogP contribution in [-0.2, 0) is 28.8 Å². The molecule has 0 aliphatic heterocycles. The van der Waals surface area contributed by atoms with Crippen molar-refractivity contribution in [3.05, 3.63) is 0 Å². The number of carboxylic acid groups (broad SMARTS) is 3. The first-order valence-electron chi connectivity index (χ1n) is 9.77. The monoisotopic (exact) mass is 507 g/mol. The van der Waals surface area contributed by atoms with Gasteiger partial charge in [0.1, 0.15) is 18.1 Å². The third kappa shape index (κ3) is 12.4. The fraction of sp³-hybridized carbons (Fsp3) is 0.588. The molecule has 0 aromatic heterocycles. The van der Waals surface area contributed by atoms with E-state index in [-0.39, 0.29) is 31.1 Å². The molecule has 3 amide bonds. The van der Waals surface area contributed by atoms with Gasteiger partial charge in [-0.3, -0.25) is 29.0 Å². The predicted octanol–water partition coefficient (Wildman–Crippen LogP) is -4.21. The van der Waals surface area contributed by atoms with Gasteiger partial charge in [0, 0.05) is 12.3 Å². The van der Waals surface area contributed by atoms with Crippen LogP contribution in [0.1, 0.15) is 25.7 Å². The maximum absolute atomic E-state index is 12.7. The van der Waals surface area contributed by atoms with Gasteiger partial charge >= 0.3 is 17.9 Å². The van der Waals surface area contributed by atoms with Crippen molar-refractivity contribution in [2.45, 2.75) is 49.9 Å². The molecule has 0 bridgehead atoms. The van der Waals surface area contributed by atoms with Crippen molar-refractivity contribution < 1.29 is 44.1 Å². The summed E-state index contributed by atoms with van der Waals surface area (Å²) in [6, 6.07) is -6.01. The molecule has 16 nitrogen and oxygen atoms in total. The molecule has 4 atom stereocenters. The first-order valence-corrected chi connectivity index (χ1v) is 10.4. The zero-order valence-electron chi connectivity index (χ0n) is 18.0. The van der Waals surface area contributed by atoms with E-state index in [4.69, 9.17) is 32.5 Å². The third-order valence-electron chi connectivity index (χ3n) is 4.12. The highest BCUT2D eigenvalue weighted by Crippen LogP contribution is 2.04. The summed E-state index contributed by atoms with van der Waals surface area (Å²) in [5, 5.41) is 33.3. The molecule has 0 radical (unpaired) electrons. The van der Waals surface area contributed by atoms with E-state index in [2.05, 4.69) is 28.3 Å². The highest BCUT2D eigenvalue weighted by atomic mass is 32.1. The summed E-state index contributed by atoms with van der Waals surface area (Å²) in [5.41, 5.74) is 15.9. The van der Waals surface area contributed by atoms with Gasteiger partial charge in [-0.15, -0.1) is 0 Å². The van der Waals surface area contributed by atoms with Crippen molar-refractivity contribution in [3.8, 4) is 0 Å². The summed E-state index contributed by atoms with van der Waals surface area (Å²) in [4.78, 5) is 74.1. The lowest BCUT2D eigenvalue weighted by Crippen LogP contribution is -2.57. The van der Waals surface area contributed by atoms with E-state index in [9.17, 15) is 28.8 Å². The lowest BCUT2D eigenvalue weighted by Gasteiger charge is -2.24. The zero-order chi connectivity index (χ0) is 26.4. The predicted molar refractivity (Wildman–Crippen MR) is 120 cm³/mol. The molecule has 0 fully saturated rings. The Morgan fingerprint density at radius 1 is 0.794 bits per heavy atom. The number of thiol groups is 1. The number of rotatable bonds is 16. The zero-order valence-corrected chi connectivity index (χ0v) is 18.9. The van der Waals surface area contributed by atoms with Crippen LogP contribution in [-0.4, -0.2) is 93.4 Å². The standard InChI is InChI=1S/C17H29N7O9S/c18-7(4-11(25)26)13(29)23-9(5-12(27)28)15(31)22-8(2-1-3-21-17(19)20)14(30)24-10(6-34)16(32)33/h7-10,34H,1-6,18H2,(H,22,31)(H,23,29)(H,24,30)(H,25,26)(H,27,28)(H,32,33)(H4,19,20,21). The summed E-state index contributed by atoms with van der Waals surface area (Å²) >= 11 is 3.83. The van der Waals surface area contributed by atoms with Crippen LogP contribution in [0.2, 0.25) is 0 Å². The van der Waals surface area contributed by atoms with Gasteiger partial charge in [0.15, 0.2) is 5.96 Å². The molecule has 192 valence electrons. The first kappa shape index (κ1) is 30.4. The first-order chi connectivity index (χ1) is 15.8. The number of hydrogen-bond donors (Lipinski definition) is 10. The van der Waals surface area contributed by atoms with E-state index in [0.717, 1.165) is 0 Å². The van der Waals surface area contributed by atoms with Gasteiger partial charge in [0.25, 0.3) is 0 Å². The number of aliphatic imine (C=N–C) groups is 1. The van der Waals surface area contributed by atoms with Gasteiger partial charge < -0.3 is 48.5 Å². The molecular weight excluding hydrogens is 478 g/mol. The summed E-state index contributed by atoms with van der Waals surface area (Å²) < 4.78 is 0. The topological polar surface area (TPSA) is 290 Å². The molecule has 34 heavy (non-hydrogen) atoms. The second-order valence-corrected chi connectivity index (χ2v) is 7.32. The minimum Gasteiger partial charge on any atom is -0.481 e. The van der Waals surface area contributed by atoms with Crippen LogP contribution in [0.5, 0.6) is 0 Å². The molecule has 0 aliphatic rings. The summed E-state index contributed by atoms with van der Waals surface area (Å²) in [5.74, 6) is -7.84. The maximum Gasteiger partial charge on any atom is 0.327 e. The molecule has 0 saturated carbocycles. The average Bonchev–Trinajstić information content (AvgIpc) is 2.71. The fourth-order valence-corrected chi connectivity index (χ4v) is 2.69. The number of guanidine groups is 1. The normalized spacial score (nSPS) is 13.9. The highest BCUT2D eigenvalue weighted by molar-refractivity contribution is 7.80. The molecular formula is C17H29N7O9S. The summed E-state index contributed by atoms with van der Waals surface area (Å²) in [6.45, 7) is 0.0657. The molecule has 12 N–H and O–H groups in total. The minimum atomic E-state index is -1.71. The van der Waals surface area contributed by atoms with Gasteiger partial charge in [-0.05, 0) is 12.8 Å². The van der Waals surface area contributed by atoms with Crippen molar-refractivity contribution in [1.82, 2.24) is 16.0 Å². The van der Waals surface area contributed by atoms with Crippen LogP contribution in [0.25, 0.3) is 0 Å². The molecule has 0 saturated heterocycles. The number of carbonyl (C=O) groups is 6. The van der Waals surface area contributed by atoms with Crippen LogP contribution in [0.15, 0.2) is 4.99 Å². The molecule has 0 aromatic rings. The van der Waals surface area contributed by atoms with Crippen LogP contribution < -0.4 is 33.2 Å². The maximum atomic E-state index is 12.7. The number of amides is 3. The van der Waals surface area contributed by atoms with Gasteiger partial charge in [-0.25, -0.2) is 4.79 Å². The van der Waals surface area contributed by atoms with Gasteiger partial charge in [0.2, 0.25) is 17.7 Å². The molecule has 4 unspecified atom stereocenters. The number of hydrogen-bond acceptors (Lipinski definition) is 9. The molecule has 0 spiro atoms. The number of carbonyl (C=O) groups excluding carboxylic acids is 3. The molecule has 0 rings (SSSR count). The summed E-state index contributed by atoms with van der Waals surface area (Å²) in [6.07, 6.45) is -1.61.